The molecule has 0 fully saturated rings. The van der Waals surface area contributed by atoms with E-state index in [4.69, 9.17) is 0 Å². The van der Waals surface area contributed by atoms with Gasteiger partial charge in [-0.3, -0.25) is 0 Å². The van der Waals surface area contributed by atoms with Gasteiger partial charge in [-0.25, -0.2) is 0 Å². The van der Waals surface area contributed by atoms with Crippen molar-refractivity contribution in [2.75, 3.05) is 0 Å². The van der Waals surface area contributed by atoms with Gasteiger partial charge in [0, 0.05) is 0 Å². The van der Waals surface area contributed by atoms with Crippen LogP contribution in [0.5, 0.6) is 0 Å². The topological polar surface area (TPSA) is 0 Å². The van der Waals surface area contributed by atoms with Gasteiger partial charge in [0.2, 0.25) is 0 Å². The highest BCUT2D eigenvalue weighted by molar-refractivity contribution is 5.16. The molecule has 10 heavy (non-hydrogen) atoms. The van der Waals surface area contributed by atoms with Crippen LogP contribution in [-0.2, 0) is 0 Å². The van der Waals surface area contributed by atoms with Crippen molar-refractivity contribution >= 4 is 0 Å². The molecule has 0 N–H and O–H groups in total. The van der Waals surface area contributed by atoms with Crippen LogP contribution in [0, 0.1) is 0 Å². The van der Waals surface area contributed by atoms with Crippen molar-refractivity contribution < 1.29 is 0 Å². The van der Waals surface area contributed by atoms with E-state index in [1.165, 1.54) is 36.8 Å². The van der Waals surface area contributed by atoms with Gasteiger partial charge in [-0.15, -0.1) is 0 Å². The third kappa shape index (κ3) is 2.38. The maximum atomic E-state index is 2.26. The van der Waals surface area contributed by atoms with E-state index in [-0.39, 0.29) is 0 Å². The van der Waals surface area contributed by atoms with E-state index in [2.05, 4.69) is 26.0 Å². The fourth-order valence-corrected chi connectivity index (χ4v) is 1.26. The van der Waals surface area contributed by atoms with Crippen LogP contribution in [-0.4, -0.2) is 0 Å². The van der Waals surface area contributed by atoms with Gasteiger partial charge in [-0.2, -0.15) is 0 Å². The Kier molecular flexibility index (Phi) is 2.73. The molecule has 0 bridgehead atoms. The first-order chi connectivity index (χ1) is 4.79. The van der Waals surface area contributed by atoms with Crippen LogP contribution in [0.1, 0.15) is 39.5 Å². The summed E-state index contributed by atoms with van der Waals surface area (Å²) in [7, 11) is 0. The zero-order valence-electron chi connectivity index (χ0n) is 6.98. The van der Waals surface area contributed by atoms with Gasteiger partial charge in [0.15, 0.2) is 0 Å². The van der Waals surface area contributed by atoms with Crippen molar-refractivity contribution in [2.24, 2.45) is 0 Å². The predicted molar refractivity (Wildman–Crippen MR) is 46.0 cm³/mol. The van der Waals surface area contributed by atoms with E-state index >= 15 is 0 Å². The minimum Gasteiger partial charge on any atom is -0.0733 e. The molecule has 0 heterocycles. The molecule has 0 radical (unpaired) electrons. The number of rotatable bonds is 0. The third-order valence-corrected chi connectivity index (χ3v) is 2.04. The van der Waals surface area contributed by atoms with Crippen LogP contribution in [0.4, 0.5) is 0 Å². The lowest BCUT2D eigenvalue weighted by Gasteiger charge is -2.05. The van der Waals surface area contributed by atoms with Crippen molar-refractivity contribution in [3.05, 3.63) is 23.3 Å². The smallest absolute Gasteiger partial charge is 0.0320 e. The van der Waals surface area contributed by atoms with Crippen molar-refractivity contribution in [1.82, 2.24) is 0 Å². The van der Waals surface area contributed by atoms with E-state index in [1.54, 1.807) is 0 Å². The highest BCUT2D eigenvalue weighted by Gasteiger charge is 1.95. The Balaban J connectivity index is 2.61. The summed E-state index contributed by atoms with van der Waals surface area (Å²) in [6, 6.07) is 0. The molecule has 1 aliphatic carbocycles. The molecule has 0 aliphatic heterocycles. The molecule has 0 unspecified atom stereocenters. The average molecular weight is 136 g/mol. The van der Waals surface area contributed by atoms with Crippen molar-refractivity contribution in [2.45, 2.75) is 39.5 Å². The molecule has 1 aliphatic rings. The largest absolute Gasteiger partial charge is 0.0733 e. The first-order valence-electron chi connectivity index (χ1n) is 4.12. The van der Waals surface area contributed by atoms with Crippen LogP contribution < -0.4 is 0 Å². The zero-order chi connectivity index (χ0) is 7.40. The lowest BCUT2D eigenvalue weighted by molar-refractivity contribution is 0.719. The van der Waals surface area contributed by atoms with E-state index in [0.717, 1.165) is 0 Å². The minimum atomic E-state index is 1.30. The van der Waals surface area contributed by atoms with E-state index < -0.39 is 0 Å². The second kappa shape index (κ2) is 3.60. The minimum absolute atomic E-state index is 1.30. The molecule has 0 saturated carbocycles. The van der Waals surface area contributed by atoms with E-state index in [9.17, 15) is 0 Å². The molecule has 0 aromatic heterocycles. The number of hydrogen-bond acceptors (Lipinski definition) is 0. The predicted octanol–water partition coefficient (Wildman–Crippen LogP) is 3.45. The summed E-state index contributed by atoms with van der Waals surface area (Å²) in [4.78, 5) is 0. The normalized spacial score (nSPS) is 31.0. The zero-order valence-corrected chi connectivity index (χ0v) is 6.98. The lowest BCUT2D eigenvalue weighted by Crippen LogP contribution is -1.85. The highest BCUT2D eigenvalue weighted by atomic mass is 14.0. The second-order valence-corrected chi connectivity index (χ2v) is 3.23. The van der Waals surface area contributed by atoms with Gasteiger partial charge in [0.25, 0.3) is 0 Å². The molecule has 0 amide bonds. The summed E-state index contributed by atoms with van der Waals surface area (Å²) in [6.07, 6.45) is 9.84. The molecular weight excluding hydrogens is 120 g/mol. The van der Waals surface area contributed by atoms with Crippen LogP contribution in [0.2, 0.25) is 0 Å². The molecule has 0 aromatic carbocycles. The molecule has 0 nitrogen and oxygen atoms in total. The Morgan fingerprint density at radius 3 is 1.70 bits per heavy atom. The monoisotopic (exact) mass is 136 g/mol. The third-order valence-electron chi connectivity index (χ3n) is 2.04. The molecule has 0 saturated heterocycles. The van der Waals surface area contributed by atoms with Crippen LogP contribution in [0.15, 0.2) is 23.3 Å². The molecule has 0 aromatic rings. The molecule has 0 atom stereocenters. The van der Waals surface area contributed by atoms with Gasteiger partial charge in [-0.05, 0) is 39.5 Å². The average Bonchev–Trinajstić information content (AvgIpc) is 1.90. The van der Waals surface area contributed by atoms with Gasteiger partial charge in [-0.1, -0.05) is 23.3 Å². The Morgan fingerprint density at radius 1 is 0.900 bits per heavy atom. The van der Waals surface area contributed by atoms with Crippen LogP contribution in [0.3, 0.4) is 0 Å². The Hall–Kier alpha value is -0.520. The van der Waals surface area contributed by atoms with E-state index in [0.29, 0.717) is 0 Å². The van der Waals surface area contributed by atoms with Crippen molar-refractivity contribution in [3.8, 4) is 0 Å². The van der Waals surface area contributed by atoms with E-state index in [1.807, 2.05) is 0 Å². The van der Waals surface area contributed by atoms with Gasteiger partial charge >= 0.3 is 0 Å². The fraction of sp³-hybridized carbons (Fsp3) is 0.600. The summed E-state index contributed by atoms with van der Waals surface area (Å²) in [5, 5.41) is 0. The maximum absolute atomic E-state index is 2.26. The summed E-state index contributed by atoms with van der Waals surface area (Å²) in [5.74, 6) is 0. The lowest BCUT2D eigenvalue weighted by atomic mass is 10.0. The fourth-order valence-electron chi connectivity index (χ4n) is 1.26. The van der Waals surface area contributed by atoms with Gasteiger partial charge < -0.3 is 0 Å². The van der Waals surface area contributed by atoms with Crippen molar-refractivity contribution in [3.63, 3.8) is 0 Å². The molecule has 0 spiro atoms. The Morgan fingerprint density at radius 2 is 1.30 bits per heavy atom. The Bertz CT molecular complexity index is 141. The van der Waals surface area contributed by atoms with Crippen LogP contribution >= 0.6 is 0 Å². The van der Waals surface area contributed by atoms with Gasteiger partial charge in [0.05, 0.1) is 0 Å². The van der Waals surface area contributed by atoms with Gasteiger partial charge in [0.1, 0.15) is 0 Å². The highest BCUT2D eigenvalue weighted by Crippen LogP contribution is 2.15. The summed E-state index contributed by atoms with van der Waals surface area (Å²) in [6.45, 7) is 4.43. The number of allylic oxidation sites excluding steroid dienone is 4. The first kappa shape index (κ1) is 7.59. The Labute approximate surface area is 63.6 Å². The number of hydrogen-bond donors (Lipinski definition) is 0. The molecular formula is C10H16. The second-order valence-electron chi connectivity index (χ2n) is 3.23. The molecule has 0 heteroatoms. The molecule has 1 rings (SSSR count). The quantitative estimate of drug-likeness (QED) is 0.478. The first-order valence-corrected chi connectivity index (χ1v) is 4.12. The maximum Gasteiger partial charge on any atom is -0.0320 e. The van der Waals surface area contributed by atoms with Crippen LogP contribution in [0.25, 0.3) is 0 Å². The summed E-state index contributed by atoms with van der Waals surface area (Å²) in [5.41, 5.74) is 3.05. The molecule has 56 valence electrons. The summed E-state index contributed by atoms with van der Waals surface area (Å²) < 4.78 is 0. The van der Waals surface area contributed by atoms with Crippen molar-refractivity contribution in [1.29, 1.82) is 0 Å². The SMILES string of the molecule is C/C1=C/C=C(/C)CCCC1. The summed E-state index contributed by atoms with van der Waals surface area (Å²) >= 11 is 0. The standard InChI is InChI=1S/C10H16/c1-9-5-3-4-6-10(2)8-7-9/h7-8H,3-6H2,1-2H3/b9-7-,10-8-.